The molecule has 0 radical (unpaired) electrons. The SMILES string of the molecule is CCc1cc2c(NCCCCOC)nc(NN)nc2s1. The van der Waals surface area contributed by atoms with Crippen LogP contribution in [-0.4, -0.2) is 30.2 Å². The van der Waals surface area contributed by atoms with Crippen LogP contribution >= 0.6 is 11.3 Å². The summed E-state index contributed by atoms with van der Waals surface area (Å²) in [6, 6.07) is 2.15. The summed E-state index contributed by atoms with van der Waals surface area (Å²) in [4.78, 5) is 11.1. The zero-order valence-corrected chi connectivity index (χ0v) is 12.7. The van der Waals surface area contributed by atoms with E-state index in [1.165, 1.54) is 4.88 Å². The summed E-state index contributed by atoms with van der Waals surface area (Å²) >= 11 is 1.68. The third-order valence-corrected chi connectivity index (χ3v) is 4.16. The minimum atomic E-state index is 0.446. The highest BCUT2D eigenvalue weighted by Crippen LogP contribution is 2.30. The highest BCUT2D eigenvalue weighted by Gasteiger charge is 2.10. The monoisotopic (exact) mass is 295 g/mol. The summed E-state index contributed by atoms with van der Waals surface area (Å²) in [6.45, 7) is 3.78. The summed E-state index contributed by atoms with van der Waals surface area (Å²) in [5.74, 6) is 6.72. The molecule has 0 unspecified atom stereocenters. The van der Waals surface area contributed by atoms with Gasteiger partial charge in [0.1, 0.15) is 10.6 Å². The molecule has 6 nitrogen and oxygen atoms in total. The second kappa shape index (κ2) is 7.37. The molecule has 2 heterocycles. The number of aryl methyl sites for hydroxylation is 1. The average Bonchev–Trinajstić information content (AvgIpc) is 2.89. The molecule has 2 aromatic heterocycles. The molecule has 0 saturated heterocycles. The van der Waals surface area contributed by atoms with Crippen molar-refractivity contribution in [2.75, 3.05) is 31.0 Å². The van der Waals surface area contributed by atoms with Gasteiger partial charge in [0.15, 0.2) is 0 Å². The van der Waals surface area contributed by atoms with Gasteiger partial charge in [0, 0.05) is 25.1 Å². The largest absolute Gasteiger partial charge is 0.385 e. The first kappa shape index (κ1) is 15.0. The normalized spacial score (nSPS) is 10.9. The molecule has 0 saturated carbocycles. The van der Waals surface area contributed by atoms with E-state index in [4.69, 9.17) is 10.6 Å². The number of methoxy groups -OCH3 is 1. The minimum Gasteiger partial charge on any atom is -0.385 e. The fraction of sp³-hybridized carbons (Fsp3) is 0.538. The van der Waals surface area contributed by atoms with Crippen LogP contribution in [0.1, 0.15) is 24.6 Å². The topological polar surface area (TPSA) is 85.1 Å². The van der Waals surface area contributed by atoms with Crippen LogP contribution in [0.3, 0.4) is 0 Å². The number of nitrogen functional groups attached to an aromatic ring is 1. The van der Waals surface area contributed by atoms with E-state index in [9.17, 15) is 0 Å². The van der Waals surface area contributed by atoms with Gasteiger partial charge in [-0.05, 0) is 25.3 Å². The highest BCUT2D eigenvalue weighted by molar-refractivity contribution is 7.18. The number of hydrazine groups is 1. The molecule has 2 rings (SSSR count). The van der Waals surface area contributed by atoms with Gasteiger partial charge in [-0.1, -0.05) is 6.92 Å². The van der Waals surface area contributed by atoms with Crippen molar-refractivity contribution in [1.29, 1.82) is 0 Å². The smallest absolute Gasteiger partial charge is 0.240 e. The number of hydrogen-bond acceptors (Lipinski definition) is 7. The second-order valence-corrected chi connectivity index (χ2v) is 5.57. The molecule has 0 bridgehead atoms. The molecule has 0 aliphatic rings. The number of thiophene rings is 1. The summed E-state index contributed by atoms with van der Waals surface area (Å²) in [5, 5.41) is 4.43. The molecule has 0 spiro atoms. The number of ether oxygens (including phenoxy) is 1. The first-order valence-corrected chi connectivity index (χ1v) is 7.60. The fourth-order valence-corrected chi connectivity index (χ4v) is 2.89. The molecule has 0 atom stereocenters. The van der Waals surface area contributed by atoms with Crippen LogP contribution in [0.2, 0.25) is 0 Å². The highest BCUT2D eigenvalue weighted by atomic mass is 32.1. The number of nitrogens with one attached hydrogen (secondary N) is 2. The predicted octanol–water partition coefficient (Wildman–Crippen LogP) is 2.38. The molecule has 7 heteroatoms. The van der Waals surface area contributed by atoms with Crippen LogP contribution in [0, 0.1) is 0 Å². The van der Waals surface area contributed by atoms with E-state index >= 15 is 0 Å². The molecular formula is C13H21N5OS. The summed E-state index contributed by atoms with van der Waals surface area (Å²) in [7, 11) is 1.72. The first-order valence-electron chi connectivity index (χ1n) is 6.78. The molecule has 4 N–H and O–H groups in total. The van der Waals surface area contributed by atoms with Gasteiger partial charge < -0.3 is 10.1 Å². The Hall–Kier alpha value is -1.44. The maximum atomic E-state index is 5.43. The summed E-state index contributed by atoms with van der Waals surface area (Å²) in [6.07, 6.45) is 3.07. The second-order valence-electron chi connectivity index (χ2n) is 4.45. The minimum absolute atomic E-state index is 0.446. The van der Waals surface area contributed by atoms with Crippen LogP contribution in [0.5, 0.6) is 0 Å². The van der Waals surface area contributed by atoms with Gasteiger partial charge in [0.05, 0.1) is 5.39 Å². The maximum absolute atomic E-state index is 5.43. The quantitative estimate of drug-likeness (QED) is 0.394. The van der Waals surface area contributed by atoms with E-state index in [0.717, 1.165) is 48.4 Å². The number of aromatic nitrogens is 2. The van der Waals surface area contributed by atoms with Gasteiger partial charge in [-0.3, -0.25) is 5.43 Å². The lowest BCUT2D eigenvalue weighted by Crippen LogP contribution is -2.12. The molecule has 110 valence electrons. The Bertz CT molecular complexity index is 557. The van der Waals surface area contributed by atoms with E-state index in [-0.39, 0.29) is 0 Å². The van der Waals surface area contributed by atoms with Crippen molar-refractivity contribution < 1.29 is 4.74 Å². The molecule has 0 aromatic carbocycles. The number of rotatable bonds is 8. The molecule has 0 fully saturated rings. The number of nitrogens with zero attached hydrogens (tertiary/aromatic N) is 2. The third-order valence-electron chi connectivity index (χ3n) is 2.99. The average molecular weight is 295 g/mol. The zero-order valence-electron chi connectivity index (χ0n) is 11.9. The third kappa shape index (κ3) is 3.56. The standard InChI is InChI=1S/C13H21N5OS/c1-3-9-8-10-11(15-6-4-5-7-19-2)16-13(18-14)17-12(10)20-9/h8H,3-7,14H2,1-2H3,(H2,15,16,17,18). The van der Waals surface area contributed by atoms with Crippen molar-refractivity contribution in [3.63, 3.8) is 0 Å². The maximum Gasteiger partial charge on any atom is 0.240 e. The molecule has 20 heavy (non-hydrogen) atoms. The van der Waals surface area contributed by atoms with Gasteiger partial charge >= 0.3 is 0 Å². The van der Waals surface area contributed by atoms with Crippen molar-refractivity contribution in [2.24, 2.45) is 5.84 Å². The van der Waals surface area contributed by atoms with Crippen molar-refractivity contribution in [3.8, 4) is 0 Å². The van der Waals surface area contributed by atoms with E-state index in [2.05, 4.69) is 33.7 Å². The van der Waals surface area contributed by atoms with Crippen LogP contribution in [-0.2, 0) is 11.2 Å². The lowest BCUT2D eigenvalue weighted by molar-refractivity contribution is 0.194. The first-order chi connectivity index (χ1) is 9.78. The van der Waals surface area contributed by atoms with Gasteiger partial charge in [0.25, 0.3) is 0 Å². The Morgan fingerprint density at radius 3 is 2.90 bits per heavy atom. The van der Waals surface area contributed by atoms with Crippen molar-refractivity contribution in [3.05, 3.63) is 10.9 Å². The Kier molecular flexibility index (Phi) is 5.51. The van der Waals surface area contributed by atoms with E-state index in [1.54, 1.807) is 18.4 Å². The Morgan fingerprint density at radius 2 is 2.20 bits per heavy atom. The van der Waals surface area contributed by atoms with Crippen LogP contribution in [0.4, 0.5) is 11.8 Å². The van der Waals surface area contributed by atoms with Crippen LogP contribution in [0.15, 0.2) is 6.07 Å². The predicted molar refractivity (Wildman–Crippen MR) is 84.2 cm³/mol. The Balaban J connectivity index is 2.14. The molecule has 0 aliphatic heterocycles. The lowest BCUT2D eigenvalue weighted by atomic mass is 10.3. The van der Waals surface area contributed by atoms with Crippen molar-refractivity contribution in [1.82, 2.24) is 9.97 Å². The Morgan fingerprint density at radius 1 is 1.35 bits per heavy atom. The van der Waals surface area contributed by atoms with Gasteiger partial charge in [0.2, 0.25) is 5.95 Å². The van der Waals surface area contributed by atoms with E-state index in [0.29, 0.717) is 5.95 Å². The van der Waals surface area contributed by atoms with E-state index < -0.39 is 0 Å². The number of hydrogen-bond donors (Lipinski definition) is 3. The number of nitrogens with two attached hydrogens (primary N) is 1. The van der Waals surface area contributed by atoms with Gasteiger partial charge in [-0.2, -0.15) is 4.98 Å². The lowest BCUT2D eigenvalue weighted by Gasteiger charge is -2.08. The molecular weight excluding hydrogens is 274 g/mol. The fourth-order valence-electron chi connectivity index (χ4n) is 1.92. The van der Waals surface area contributed by atoms with Crippen molar-refractivity contribution >= 4 is 33.3 Å². The Labute approximate surface area is 122 Å². The molecule has 2 aromatic rings. The number of unbranched alkanes of at least 4 members (excludes halogenated alkanes) is 1. The van der Waals surface area contributed by atoms with Gasteiger partial charge in [-0.25, -0.2) is 10.8 Å². The zero-order chi connectivity index (χ0) is 14.4. The molecule has 0 amide bonds. The van der Waals surface area contributed by atoms with Crippen LogP contribution < -0.4 is 16.6 Å². The van der Waals surface area contributed by atoms with E-state index in [1.807, 2.05) is 0 Å². The summed E-state index contributed by atoms with van der Waals surface area (Å²) < 4.78 is 5.04. The molecule has 0 aliphatic carbocycles. The van der Waals surface area contributed by atoms with Gasteiger partial charge in [-0.15, -0.1) is 11.3 Å². The number of fused-ring (bicyclic) bond motifs is 1. The summed E-state index contributed by atoms with van der Waals surface area (Å²) in [5.41, 5.74) is 2.52. The van der Waals surface area contributed by atoms with Crippen molar-refractivity contribution in [2.45, 2.75) is 26.2 Å². The number of anilines is 2. The van der Waals surface area contributed by atoms with Crippen LogP contribution in [0.25, 0.3) is 10.2 Å².